The molecule has 2 atom stereocenters. The second-order valence-electron chi connectivity index (χ2n) is 10.9. The van der Waals surface area contributed by atoms with Crippen molar-refractivity contribution in [3.63, 3.8) is 0 Å². The number of rotatable bonds is 14. The van der Waals surface area contributed by atoms with Gasteiger partial charge in [-0.3, -0.25) is 14.1 Å². The van der Waals surface area contributed by atoms with E-state index in [1.54, 1.807) is 18.2 Å². The maximum absolute atomic E-state index is 13.2. The largest absolute Gasteiger partial charge is 0.489 e. The fourth-order valence-electron chi connectivity index (χ4n) is 4.49. The number of amides is 2. The molecule has 2 saturated heterocycles. The predicted octanol–water partition coefficient (Wildman–Crippen LogP) is -0.00230. The van der Waals surface area contributed by atoms with E-state index in [4.69, 9.17) is 19.9 Å². The first-order valence-corrected chi connectivity index (χ1v) is 15.9. The number of fused-ring (bicyclic) bond motifs is 1. The summed E-state index contributed by atoms with van der Waals surface area (Å²) in [5, 5.41) is 24.9. The molecule has 5 rings (SSSR count). The summed E-state index contributed by atoms with van der Waals surface area (Å²) < 4.78 is 41.1. The summed E-state index contributed by atoms with van der Waals surface area (Å²) in [7, 11) is -5.01. The summed E-state index contributed by atoms with van der Waals surface area (Å²) >= 11 is 0.961. The van der Waals surface area contributed by atoms with E-state index in [0.29, 0.717) is 22.2 Å². The molecule has 4 heterocycles. The number of thiazole rings is 1. The summed E-state index contributed by atoms with van der Waals surface area (Å²) in [6.45, 7) is 4.98. The highest BCUT2D eigenvalue weighted by Crippen LogP contribution is 2.33. The van der Waals surface area contributed by atoms with Crippen LogP contribution in [0, 0.1) is 5.92 Å². The van der Waals surface area contributed by atoms with Crippen LogP contribution in [0.15, 0.2) is 40.9 Å². The second kappa shape index (κ2) is 13.0. The number of aromatic nitrogens is 2. The average Bonchev–Trinajstić information content (AvgIpc) is 3.40. The fraction of sp³-hybridized carbons (Fsp3) is 0.385. The zero-order valence-corrected chi connectivity index (χ0v) is 26.0. The van der Waals surface area contributed by atoms with Gasteiger partial charge >= 0.3 is 16.4 Å². The van der Waals surface area contributed by atoms with E-state index < -0.39 is 58.2 Å². The van der Waals surface area contributed by atoms with Gasteiger partial charge in [0.25, 0.3) is 17.9 Å². The van der Waals surface area contributed by atoms with Crippen LogP contribution in [0.5, 0.6) is 5.75 Å². The number of ether oxygens (including phenoxy) is 1. The molecule has 2 aromatic heterocycles. The number of nitrogens with one attached hydrogen (secondary N) is 3. The molecule has 0 spiro atoms. The summed E-state index contributed by atoms with van der Waals surface area (Å²) in [5.74, 6) is -1.83. The molecule has 1 unspecified atom stereocenters. The van der Waals surface area contributed by atoms with Crippen LogP contribution in [-0.4, -0.2) is 101 Å². The van der Waals surface area contributed by atoms with Crippen molar-refractivity contribution >= 4 is 67.1 Å². The van der Waals surface area contributed by atoms with Crippen LogP contribution >= 0.6 is 11.3 Å². The van der Waals surface area contributed by atoms with Crippen molar-refractivity contribution in [3.05, 3.63) is 41.4 Å². The average molecular weight is 679 g/mol. The number of carboxylic acid groups (broad SMARTS) is 1. The minimum Gasteiger partial charge on any atom is -0.489 e. The molecule has 20 heteroatoms. The van der Waals surface area contributed by atoms with Crippen LogP contribution in [0.4, 0.5) is 10.9 Å². The molecule has 2 fully saturated rings. The monoisotopic (exact) mass is 678 g/mol. The first-order valence-electron chi connectivity index (χ1n) is 13.7. The first-order chi connectivity index (χ1) is 21.7. The van der Waals surface area contributed by atoms with Crippen molar-refractivity contribution in [2.75, 3.05) is 37.3 Å². The third kappa shape index (κ3) is 7.42. The number of pyridine rings is 1. The maximum atomic E-state index is 13.2. The normalized spacial score (nSPS) is 18.8. The van der Waals surface area contributed by atoms with Crippen LogP contribution in [0.25, 0.3) is 10.9 Å². The first kappa shape index (κ1) is 32.8. The van der Waals surface area contributed by atoms with Gasteiger partial charge in [-0.15, -0.1) is 15.6 Å². The van der Waals surface area contributed by atoms with E-state index in [1.165, 1.54) is 19.2 Å². The number of aliphatic carboxylic acids is 1. The van der Waals surface area contributed by atoms with E-state index in [0.717, 1.165) is 42.2 Å². The lowest BCUT2D eigenvalue weighted by atomic mass is 9.84. The maximum Gasteiger partial charge on any atom is 0.418 e. The fourth-order valence-corrected chi connectivity index (χ4v) is 5.49. The number of hydrogen-bond acceptors (Lipinski definition) is 15. The Bertz CT molecular complexity index is 1790. The molecule has 3 aromatic rings. The molecule has 1 aromatic carbocycles. The van der Waals surface area contributed by atoms with Gasteiger partial charge in [-0.05, 0) is 44.2 Å². The summed E-state index contributed by atoms with van der Waals surface area (Å²) in [5.41, 5.74) is 4.37. The SMILES string of the molecule is CC1(C)C(NC(=O)/C(=N\O[C@@H](COc2ccc3nc(NCC4CNC4)ccc3c2)C(=O)O)c2csc(N)n2)C(=O)N1OS(=O)(=O)O. The smallest absolute Gasteiger partial charge is 0.418 e. The molecule has 0 radical (unpaired) electrons. The van der Waals surface area contributed by atoms with E-state index in [2.05, 4.69) is 35.4 Å². The van der Waals surface area contributed by atoms with Crippen LogP contribution in [0.2, 0.25) is 0 Å². The third-order valence-corrected chi connectivity index (χ3v) is 8.16. The highest BCUT2D eigenvalue weighted by Gasteiger charge is 2.58. The van der Waals surface area contributed by atoms with Gasteiger partial charge in [0.1, 0.15) is 29.9 Å². The van der Waals surface area contributed by atoms with E-state index >= 15 is 0 Å². The summed E-state index contributed by atoms with van der Waals surface area (Å²) in [6.07, 6.45) is -1.68. The summed E-state index contributed by atoms with van der Waals surface area (Å²) in [6, 6.07) is 7.42. The molecule has 2 aliphatic heterocycles. The minimum absolute atomic E-state index is 0.0609. The Morgan fingerprint density at radius 1 is 1.26 bits per heavy atom. The number of anilines is 2. The van der Waals surface area contributed by atoms with Gasteiger partial charge in [0, 0.05) is 36.3 Å². The van der Waals surface area contributed by atoms with Crippen molar-refractivity contribution in [2.45, 2.75) is 31.5 Å². The van der Waals surface area contributed by atoms with Crippen molar-refractivity contribution in [3.8, 4) is 5.75 Å². The lowest BCUT2D eigenvalue weighted by Crippen LogP contribution is -2.76. The molecule has 246 valence electrons. The van der Waals surface area contributed by atoms with Crippen molar-refractivity contribution in [1.29, 1.82) is 0 Å². The van der Waals surface area contributed by atoms with Crippen molar-refractivity contribution in [2.24, 2.45) is 11.1 Å². The number of nitrogen functional groups attached to an aromatic ring is 1. The van der Waals surface area contributed by atoms with E-state index in [1.807, 2.05) is 12.1 Å². The molecule has 0 bridgehead atoms. The number of hydroxylamine groups is 2. The van der Waals surface area contributed by atoms with Gasteiger partial charge in [-0.25, -0.2) is 14.8 Å². The number of nitrogens with zero attached hydrogens (tertiary/aromatic N) is 4. The van der Waals surface area contributed by atoms with Crippen LogP contribution in [0.1, 0.15) is 19.5 Å². The number of benzene rings is 1. The molecule has 2 aliphatic rings. The van der Waals surface area contributed by atoms with Crippen molar-refractivity contribution < 1.29 is 46.3 Å². The van der Waals surface area contributed by atoms with Crippen LogP contribution in [-0.2, 0) is 33.9 Å². The number of nitrogens with two attached hydrogens (primary N) is 1. The Hall–Kier alpha value is -4.63. The zero-order valence-electron chi connectivity index (χ0n) is 24.4. The number of oxime groups is 1. The Balaban J connectivity index is 1.26. The molecule has 0 aliphatic carbocycles. The Morgan fingerprint density at radius 2 is 2.02 bits per heavy atom. The quantitative estimate of drug-likeness (QED) is 0.0567. The van der Waals surface area contributed by atoms with E-state index in [9.17, 15) is 27.9 Å². The molecule has 2 amide bonds. The van der Waals surface area contributed by atoms with Gasteiger partial charge in [0.15, 0.2) is 10.8 Å². The molecular weight excluding hydrogens is 648 g/mol. The van der Waals surface area contributed by atoms with Gasteiger partial charge in [-0.2, -0.15) is 13.5 Å². The number of carboxylic acids is 1. The molecule has 18 nitrogen and oxygen atoms in total. The van der Waals surface area contributed by atoms with Gasteiger partial charge in [0.05, 0.1) is 11.1 Å². The second-order valence-corrected chi connectivity index (χ2v) is 12.8. The number of carbonyl (C=O) groups excluding carboxylic acids is 2. The van der Waals surface area contributed by atoms with Gasteiger partial charge in [-0.1, -0.05) is 5.16 Å². The van der Waals surface area contributed by atoms with Crippen molar-refractivity contribution in [1.82, 2.24) is 25.7 Å². The molecule has 7 N–H and O–H groups in total. The highest BCUT2D eigenvalue weighted by atomic mass is 32.3. The number of carbonyl (C=O) groups is 3. The van der Waals surface area contributed by atoms with Gasteiger partial charge < -0.3 is 36.4 Å². The molecule has 0 saturated carbocycles. The highest BCUT2D eigenvalue weighted by molar-refractivity contribution is 7.80. The lowest BCUT2D eigenvalue weighted by molar-refractivity contribution is -0.218. The number of β-lactam (4-membered cyclic amide) rings is 1. The third-order valence-electron chi connectivity index (χ3n) is 7.15. The van der Waals surface area contributed by atoms with E-state index in [-0.39, 0.29) is 10.8 Å². The zero-order chi connectivity index (χ0) is 33.2. The Kier molecular flexibility index (Phi) is 9.26. The lowest BCUT2D eigenvalue weighted by Gasteiger charge is -2.50. The Labute approximate surface area is 265 Å². The molecule has 46 heavy (non-hydrogen) atoms. The Morgan fingerprint density at radius 3 is 2.63 bits per heavy atom. The topological polar surface area (TPSA) is 257 Å². The molecular formula is C26H30N8O10S2. The minimum atomic E-state index is -5.01. The predicted molar refractivity (Wildman–Crippen MR) is 163 cm³/mol. The van der Waals surface area contributed by atoms with Crippen LogP contribution < -0.4 is 26.4 Å². The van der Waals surface area contributed by atoms with Crippen LogP contribution in [0.3, 0.4) is 0 Å². The summed E-state index contributed by atoms with van der Waals surface area (Å²) in [4.78, 5) is 51.5. The van der Waals surface area contributed by atoms with Gasteiger partial charge in [0.2, 0.25) is 0 Å². The standard InChI is InChI=1S/C26H30N8O10S2/c1-26(2)21(23(36)34(26)44-46(39,40)41)32-22(35)20(17-12-45-25(27)31-17)33-43-18(24(37)38)11-42-15-4-5-16-14(7-15)3-6-19(30-16)29-10-13-8-28-9-13/h3-7,12-13,18,21,28H,8-11H2,1-2H3,(H2,27,31)(H,29,30)(H,32,35)(H,37,38)(H,39,40,41)/b33-20-/t18-,21?/m0/s1. The number of hydrogen-bond donors (Lipinski definition) is 6.